The van der Waals surface area contributed by atoms with Crippen molar-refractivity contribution in [2.45, 2.75) is 26.0 Å². The molecule has 2 aromatic carbocycles. The van der Waals surface area contributed by atoms with E-state index in [2.05, 4.69) is 5.32 Å². The van der Waals surface area contributed by atoms with E-state index in [0.717, 1.165) is 5.56 Å². The Morgan fingerprint density at radius 2 is 1.88 bits per heavy atom. The third-order valence-corrected chi connectivity index (χ3v) is 4.37. The van der Waals surface area contributed by atoms with Crippen molar-refractivity contribution in [1.82, 2.24) is 5.32 Å². The predicted octanol–water partition coefficient (Wildman–Crippen LogP) is 4.46. The zero-order valence-electron chi connectivity index (χ0n) is 14.6. The molecular formula is C19H19Cl2NO4. The molecule has 1 amide bonds. The molecule has 138 valence electrons. The summed E-state index contributed by atoms with van der Waals surface area (Å²) in [4.78, 5) is 23.6. The molecule has 0 aliphatic rings. The molecule has 0 bridgehead atoms. The van der Waals surface area contributed by atoms with Crippen LogP contribution in [0.2, 0.25) is 10.0 Å². The quantitative estimate of drug-likeness (QED) is 0.702. The fourth-order valence-corrected chi connectivity index (χ4v) is 2.93. The summed E-state index contributed by atoms with van der Waals surface area (Å²) in [5, 5.41) is 3.82. The maximum atomic E-state index is 12.4. The molecule has 0 spiro atoms. The van der Waals surface area contributed by atoms with Gasteiger partial charge in [-0.05, 0) is 49.7 Å². The van der Waals surface area contributed by atoms with Crippen molar-refractivity contribution in [2.24, 2.45) is 0 Å². The van der Waals surface area contributed by atoms with Gasteiger partial charge < -0.3 is 14.8 Å². The van der Waals surface area contributed by atoms with Crippen LogP contribution in [-0.2, 0) is 4.79 Å². The van der Waals surface area contributed by atoms with Crippen LogP contribution in [0.15, 0.2) is 36.4 Å². The molecule has 26 heavy (non-hydrogen) atoms. The zero-order chi connectivity index (χ0) is 19.3. The maximum absolute atomic E-state index is 12.4. The number of rotatable bonds is 7. The molecule has 0 heterocycles. The number of hydrogen-bond acceptors (Lipinski definition) is 4. The lowest BCUT2D eigenvalue weighted by Gasteiger charge is -2.20. The Morgan fingerprint density at radius 3 is 2.50 bits per heavy atom. The second-order valence-electron chi connectivity index (χ2n) is 5.68. The number of hydrogen-bond donors (Lipinski definition) is 1. The largest absolute Gasteiger partial charge is 0.497 e. The van der Waals surface area contributed by atoms with E-state index in [4.69, 9.17) is 32.7 Å². The standard InChI is InChI=1S/C19H19Cl2NO4/c1-11(16-6-4-14(20)9-17(16)21)22-19(24)12(2)26-18-7-5-15(25-3)8-13(18)10-23/h4-12H,1-3H3,(H,22,24)/t11-,12-/m0/s1. The molecule has 0 unspecified atom stereocenters. The van der Waals surface area contributed by atoms with Crippen LogP contribution in [0.25, 0.3) is 0 Å². The average Bonchev–Trinajstić information content (AvgIpc) is 2.61. The highest BCUT2D eigenvalue weighted by Crippen LogP contribution is 2.27. The van der Waals surface area contributed by atoms with Crippen molar-refractivity contribution >= 4 is 35.4 Å². The number of carbonyl (C=O) groups excluding carboxylic acids is 2. The van der Waals surface area contributed by atoms with Crippen LogP contribution >= 0.6 is 23.2 Å². The first-order valence-electron chi connectivity index (χ1n) is 7.91. The third-order valence-electron chi connectivity index (χ3n) is 3.80. The second kappa shape index (κ2) is 8.92. The lowest BCUT2D eigenvalue weighted by Crippen LogP contribution is -2.38. The number of methoxy groups -OCH3 is 1. The zero-order valence-corrected chi connectivity index (χ0v) is 16.1. The number of ether oxygens (including phenoxy) is 2. The summed E-state index contributed by atoms with van der Waals surface area (Å²) in [6, 6.07) is 9.54. The highest BCUT2D eigenvalue weighted by Gasteiger charge is 2.20. The highest BCUT2D eigenvalue weighted by atomic mass is 35.5. The number of carbonyl (C=O) groups is 2. The van der Waals surface area contributed by atoms with Crippen LogP contribution in [0.5, 0.6) is 11.5 Å². The van der Waals surface area contributed by atoms with Crippen LogP contribution in [0.1, 0.15) is 35.8 Å². The van der Waals surface area contributed by atoms with E-state index in [1.165, 1.54) is 7.11 Å². The molecule has 0 saturated carbocycles. The molecule has 0 aliphatic heterocycles. The van der Waals surface area contributed by atoms with Gasteiger partial charge in [-0.15, -0.1) is 0 Å². The molecule has 1 N–H and O–H groups in total. The number of benzene rings is 2. The number of aldehydes is 1. The summed E-state index contributed by atoms with van der Waals surface area (Å²) < 4.78 is 10.7. The Balaban J connectivity index is 2.06. The molecule has 0 aliphatic carbocycles. The normalized spacial score (nSPS) is 12.8. The van der Waals surface area contributed by atoms with Gasteiger partial charge in [-0.1, -0.05) is 29.3 Å². The number of halogens is 2. The van der Waals surface area contributed by atoms with Crippen molar-refractivity contribution in [1.29, 1.82) is 0 Å². The summed E-state index contributed by atoms with van der Waals surface area (Å²) in [6.45, 7) is 3.41. The van der Waals surface area contributed by atoms with E-state index in [9.17, 15) is 9.59 Å². The van der Waals surface area contributed by atoms with Crippen LogP contribution in [0, 0.1) is 0 Å². The second-order valence-corrected chi connectivity index (χ2v) is 6.52. The van der Waals surface area contributed by atoms with Gasteiger partial charge in [-0.2, -0.15) is 0 Å². The molecular weight excluding hydrogens is 377 g/mol. The molecule has 0 saturated heterocycles. The van der Waals surface area contributed by atoms with Crippen LogP contribution in [-0.4, -0.2) is 25.4 Å². The van der Waals surface area contributed by atoms with Crippen LogP contribution in [0.4, 0.5) is 0 Å². The molecule has 2 atom stereocenters. The van der Waals surface area contributed by atoms with Crippen molar-refractivity contribution in [3.05, 3.63) is 57.6 Å². The SMILES string of the molecule is COc1ccc(O[C@@H](C)C(=O)N[C@@H](C)c2ccc(Cl)cc2Cl)c(C=O)c1. The maximum Gasteiger partial charge on any atom is 0.261 e. The molecule has 2 aromatic rings. The molecule has 5 nitrogen and oxygen atoms in total. The van der Waals surface area contributed by atoms with Gasteiger partial charge in [0.2, 0.25) is 0 Å². The fourth-order valence-electron chi connectivity index (χ4n) is 2.36. The smallest absolute Gasteiger partial charge is 0.261 e. The fraction of sp³-hybridized carbons (Fsp3) is 0.263. The Kier molecular flexibility index (Phi) is 6.89. The lowest BCUT2D eigenvalue weighted by molar-refractivity contribution is -0.127. The van der Waals surface area contributed by atoms with E-state index < -0.39 is 6.10 Å². The summed E-state index contributed by atoms with van der Waals surface area (Å²) in [6.07, 6.45) is -0.158. The first-order valence-corrected chi connectivity index (χ1v) is 8.66. The first-order chi connectivity index (χ1) is 12.3. The molecule has 7 heteroatoms. The molecule has 2 rings (SSSR count). The van der Waals surface area contributed by atoms with Crippen molar-refractivity contribution < 1.29 is 19.1 Å². The third kappa shape index (κ3) is 4.90. The predicted molar refractivity (Wildman–Crippen MR) is 101 cm³/mol. The van der Waals surface area contributed by atoms with E-state index in [1.54, 1.807) is 43.3 Å². The highest BCUT2D eigenvalue weighted by molar-refractivity contribution is 6.35. The topological polar surface area (TPSA) is 64.6 Å². The average molecular weight is 396 g/mol. The Labute approximate surface area is 162 Å². The van der Waals surface area contributed by atoms with Crippen molar-refractivity contribution in [2.75, 3.05) is 7.11 Å². The van der Waals surface area contributed by atoms with E-state index in [1.807, 2.05) is 6.92 Å². The monoisotopic (exact) mass is 395 g/mol. The van der Waals surface area contributed by atoms with E-state index in [-0.39, 0.29) is 11.9 Å². The Bertz CT molecular complexity index is 810. The van der Waals surface area contributed by atoms with Crippen LogP contribution < -0.4 is 14.8 Å². The van der Waals surface area contributed by atoms with E-state index in [0.29, 0.717) is 33.4 Å². The summed E-state index contributed by atoms with van der Waals surface area (Å²) in [5.74, 6) is 0.499. The van der Waals surface area contributed by atoms with Crippen molar-refractivity contribution in [3.8, 4) is 11.5 Å². The van der Waals surface area contributed by atoms with Gasteiger partial charge >= 0.3 is 0 Å². The Hall–Kier alpha value is -2.24. The lowest BCUT2D eigenvalue weighted by atomic mass is 10.1. The van der Waals surface area contributed by atoms with Gasteiger partial charge in [0.05, 0.1) is 18.7 Å². The first kappa shape index (κ1) is 20.1. The minimum absolute atomic E-state index is 0.304. The minimum atomic E-state index is -0.810. The number of nitrogens with one attached hydrogen (secondary N) is 1. The Morgan fingerprint density at radius 1 is 1.15 bits per heavy atom. The van der Waals surface area contributed by atoms with Gasteiger partial charge in [0.1, 0.15) is 11.5 Å². The van der Waals surface area contributed by atoms with E-state index >= 15 is 0 Å². The van der Waals surface area contributed by atoms with Crippen molar-refractivity contribution in [3.63, 3.8) is 0 Å². The summed E-state index contributed by atoms with van der Waals surface area (Å²) in [7, 11) is 1.50. The minimum Gasteiger partial charge on any atom is -0.497 e. The van der Waals surface area contributed by atoms with Gasteiger partial charge in [-0.25, -0.2) is 0 Å². The summed E-state index contributed by atoms with van der Waals surface area (Å²) >= 11 is 12.1. The molecule has 0 fully saturated rings. The summed E-state index contributed by atoms with van der Waals surface area (Å²) in [5.41, 5.74) is 1.05. The molecule has 0 radical (unpaired) electrons. The number of amides is 1. The van der Waals surface area contributed by atoms with Gasteiger partial charge in [0.25, 0.3) is 5.91 Å². The van der Waals surface area contributed by atoms with Crippen LogP contribution in [0.3, 0.4) is 0 Å². The van der Waals surface area contributed by atoms with Gasteiger partial charge in [0, 0.05) is 10.0 Å². The van der Waals surface area contributed by atoms with Gasteiger partial charge in [0.15, 0.2) is 12.4 Å². The molecule has 0 aromatic heterocycles. The van der Waals surface area contributed by atoms with Gasteiger partial charge in [-0.3, -0.25) is 9.59 Å².